The number of hydrazone groups is 1. The molecule has 1 aliphatic heterocycles. The third kappa shape index (κ3) is 5.47. The molecule has 3 aromatic carbocycles. The number of hydrogen-bond donors (Lipinski definition) is 0. The normalized spacial score (nSPS) is 14.9. The molecule has 1 aromatic heterocycles. The van der Waals surface area contributed by atoms with Crippen LogP contribution in [0.4, 0.5) is 5.13 Å². The Kier molecular flexibility index (Phi) is 7.16. The summed E-state index contributed by atoms with van der Waals surface area (Å²) >= 11 is 1.37. The van der Waals surface area contributed by atoms with Crippen LogP contribution < -0.4 is 5.01 Å². The predicted molar refractivity (Wildman–Crippen MR) is 146 cm³/mol. The lowest BCUT2D eigenvalue weighted by atomic mass is 10.2. The van der Waals surface area contributed by atoms with Crippen LogP contribution in [0, 0.1) is 13.8 Å². The van der Waals surface area contributed by atoms with E-state index in [-0.39, 0.29) is 4.90 Å². The fourth-order valence-corrected chi connectivity index (χ4v) is 6.33. The number of benzene rings is 3. The molecule has 0 atom stereocenters. The highest BCUT2D eigenvalue weighted by Crippen LogP contribution is 2.31. The zero-order valence-electron chi connectivity index (χ0n) is 20.5. The number of nitrogens with zero attached hydrogens (tertiary/aromatic N) is 4. The van der Waals surface area contributed by atoms with Gasteiger partial charge in [0.25, 0.3) is 5.91 Å². The first kappa shape index (κ1) is 25.2. The molecule has 0 aliphatic carbocycles. The monoisotopic (exact) mass is 534 g/mol. The van der Waals surface area contributed by atoms with Gasteiger partial charge in [0.15, 0.2) is 0 Å². The molecule has 2 heterocycles. The maximum Gasteiger partial charge on any atom is 0.280 e. The third-order valence-electron chi connectivity index (χ3n) is 6.01. The van der Waals surface area contributed by atoms with Crippen LogP contribution in [0.25, 0.3) is 10.2 Å². The summed E-state index contributed by atoms with van der Waals surface area (Å²) in [7, 11) is -3.66. The van der Waals surface area contributed by atoms with Crippen molar-refractivity contribution in [1.82, 2.24) is 9.29 Å². The van der Waals surface area contributed by atoms with Crippen molar-refractivity contribution in [3.63, 3.8) is 0 Å². The van der Waals surface area contributed by atoms with Gasteiger partial charge in [-0.25, -0.2) is 13.4 Å². The van der Waals surface area contributed by atoms with Gasteiger partial charge < -0.3 is 4.74 Å². The minimum absolute atomic E-state index is 0.135. The van der Waals surface area contributed by atoms with E-state index in [0.717, 1.165) is 26.9 Å². The Morgan fingerprint density at radius 2 is 1.68 bits per heavy atom. The number of fused-ring (bicyclic) bond motifs is 1. The molecule has 190 valence electrons. The molecule has 0 spiro atoms. The second-order valence-corrected chi connectivity index (χ2v) is 11.7. The van der Waals surface area contributed by atoms with Crippen molar-refractivity contribution in [3.05, 3.63) is 89.0 Å². The lowest BCUT2D eigenvalue weighted by molar-refractivity contribution is 0.0730. The number of ether oxygens (including phenoxy) is 1. The number of anilines is 1. The van der Waals surface area contributed by atoms with Crippen LogP contribution in [0.1, 0.15) is 27.0 Å². The van der Waals surface area contributed by atoms with Gasteiger partial charge in [0, 0.05) is 18.7 Å². The summed E-state index contributed by atoms with van der Waals surface area (Å²) in [6.45, 7) is 5.35. The molecule has 8 nitrogen and oxygen atoms in total. The van der Waals surface area contributed by atoms with Crippen LogP contribution >= 0.6 is 11.3 Å². The number of carbonyl (C=O) groups excluding carboxylic acids is 1. The maximum absolute atomic E-state index is 13.6. The quantitative estimate of drug-likeness (QED) is 0.266. The van der Waals surface area contributed by atoms with Crippen molar-refractivity contribution in [2.24, 2.45) is 5.10 Å². The highest BCUT2D eigenvalue weighted by molar-refractivity contribution is 7.89. The van der Waals surface area contributed by atoms with Crippen molar-refractivity contribution >= 4 is 48.8 Å². The van der Waals surface area contributed by atoms with Crippen LogP contribution in [0.15, 0.2) is 76.7 Å². The Balaban J connectivity index is 1.47. The van der Waals surface area contributed by atoms with Crippen LogP contribution in [-0.4, -0.2) is 56.1 Å². The van der Waals surface area contributed by atoms with Crippen LogP contribution in [0.5, 0.6) is 0 Å². The number of hydrogen-bond acceptors (Lipinski definition) is 7. The molecule has 1 saturated heterocycles. The van der Waals surface area contributed by atoms with Crippen molar-refractivity contribution in [2.75, 3.05) is 31.3 Å². The van der Waals surface area contributed by atoms with Crippen LogP contribution in [0.3, 0.4) is 0 Å². The lowest BCUT2D eigenvalue weighted by Crippen LogP contribution is -2.40. The first-order valence-electron chi connectivity index (χ1n) is 11.8. The molecule has 1 amide bonds. The first-order chi connectivity index (χ1) is 17.8. The smallest absolute Gasteiger partial charge is 0.280 e. The molecule has 4 aromatic rings. The number of amides is 1. The summed E-state index contributed by atoms with van der Waals surface area (Å²) in [4.78, 5) is 18.4. The number of sulfonamides is 1. The second kappa shape index (κ2) is 10.5. The summed E-state index contributed by atoms with van der Waals surface area (Å²) in [6.07, 6.45) is 1.62. The van der Waals surface area contributed by atoms with Gasteiger partial charge in [0.1, 0.15) is 0 Å². The molecule has 0 unspecified atom stereocenters. The SMILES string of the molecule is Cc1ccc(/C=N/N(C(=O)c2ccc(S(=O)(=O)N3CCOCC3)cc2)c2nc3ccc(C)cc3s2)cc1. The number of aryl methyl sites for hydroxylation is 2. The van der Waals surface area contributed by atoms with Crippen molar-refractivity contribution in [2.45, 2.75) is 18.7 Å². The summed E-state index contributed by atoms with van der Waals surface area (Å²) in [5, 5.41) is 6.20. The number of carbonyl (C=O) groups is 1. The zero-order chi connectivity index (χ0) is 26.0. The highest BCUT2D eigenvalue weighted by atomic mass is 32.2. The minimum Gasteiger partial charge on any atom is -0.379 e. The van der Waals surface area contributed by atoms with Crippen LogP contribution in [-0.2, 0) is 14.8 Å². The highest BCUT2D eigenvalue weighted by Gasteiger charge is 2.27. The first-order valence-corrected chi connectivity index (χ1v) is 14.1. The molecule has 5 rings (SSSR count). The Labute approximate surface area is 219 Å². The van der Waals surface area contributed by atoms with E-state index in [2.05, 4.69) is 10.1 Å². The number of rotatable bonds is 6. The fourth-order valence-electron chi connectivity index (χ4n) is 3.90. The summed E-state index contributed by atoms with van der Waals surface area (Å²) in [5.74, 6) is -0.408. The van der Waals surface area contributed by atoms with E-state index in [4.69, 9.17) is 4.74 Å². The molecule has 1 fully saturated rings. The molecule has 37 heavy (non-hydrogen) atoms. The standard InChI is InChI=1S/C27H26N4O4S2/c1-19-3-6-21(7-4-19)18-28-31(27-29-24-12-5-20(2)17-25(24)36-27)26(32)22-8-10-23(11-9-22)37(33,34)30-13-15-35-16-14-30/h3-12,17-18H,13-16H2,1-2H3/b28-18+. The van der Waals surface area contributed by atoms with E-state index < -0.39 is 15.9 Å². The molecule has 0 saturated carbocycles. The van der Waals surface area contributed by atoms with E-state index in [1.54, 1.807) is 6.21 Å². The topological polar surface area (TPSA) is 92.2 Å². The average molecular weight is 535 g/mol. The Morgan fingerprint density at radius 1 is 1.00 bits per heavy atom. The van der Waals surface area contributed by atoms with Gasteiger partial charge >= 0.3 is 0 Å². The molecular weight excluding hydrogens is 508 g/mol. The largest absolute Gasteiger partial charge is 0.379 e. The van der Waals surface area contributed by atoms with E-state index in [1.165, 1.54) is 44.9 Å². The van der Waals surface area contributed by atoms with Gasteiger partial charge in [-0.05, 0) is 61.4 Å². The van der Waals surface area contributed by atoms with Gasteiger partial charge in [-0.1, -0.05) is 47.2 Å². The Hall–Kier alpha value is -3.44. The molecule has 10 heteroatoms. The molecule has 1 aliphatic rings. The molecular formula is C27H26N4O4S2. The van der Waals surface area contributed by atoms with Crippen molar-refractivity contribution in [3.8, 4) is 0 Å². The van der Waals surface area contributed by atoms with Gasteiger partial charge in [-0.3, -0.25) is 4.79 Å². The third-order valence-corrected chi connectivity index (χ3v) is 8.92. The summed E-state index contributed by atoms with van der Waals surface area (Å²) in [6, 6.07) is 19.7. The fraction of sp³-hybridized carbons (Fsp3) is 0.222. The average Bonchev–Trinajstić information content (AvgIpc) is 3.33. The molecule has 0 N–H and O–H groups in total. The van der Waals surface area contributed by atoms with E-state index in [1.807, 2.05) is 56.3 Å². The van der Waals surface area contributed by atoms with Gasteiger partial charge in [-0.2, -0.15) is 14.4 Å². The van der Waals surface area contributed by atoms with E-state index in [9.17, 15) is 13.2 Å². The van der Waals surface area contributed by atoms with Crippen molar-refractivity contribution in [1.29, 1.82) is 0 Å². The van der Waals surface area contributed by atoms with Gasteiger partial charge in [0.05, 0.1) is 34.5 Å². The van der Waals surface area contributed by atoms with E-state index >= 15 is 0 Å². The zero-order valence-corrected chi connectivity index (χ0v) is 22.1. The minimum atomic E-state index is -3.66. The maximum atomic E-state index is 13.6. The van der Waals surface area contributed by atoms with Gasteiger partial charge in [-0.15, -0.1) is 0 Å². The van der Waals surface area contributed by atoms with Crippen molar-refractivity contribution < 1.29 is 17.9 Å². The summed E-state index contributed by atoms with van der Waals surface area (Å²) < 4.78 is 33.6. The van der Waals surface area contributed by atoms with E-state index in [0.29, 0.717) is 37.0 Å². The Bertz CT molecular complexity index is 1560. The number of morpholine rings is 1. The lowest BCUT2D eigenvalue weighted by Gasteiger charge is -2.26. The van der Waals surface area contributed by atoms with Crippen LogP contribution in [0.2, 0.25) is 0 Å². The molecule has 0 bridgehead atoms. The number of thiazole rings is 1. The predicted octanol–water partition coefficient (Wildman–Crippen LogP) is 4.61. The molecule has 0 radical (unpaired) electrons. The Morgan fingerprint density at radius 3 is 2.38 bits per heavy atom. The number of aromatic nitrogens is 1. The van der Waals surface area contributed by atoms with Gasteiger partial charge in [0.2, 0.25) is 15.2 Å². The summed E-state index contributed by atoms with van der Waals surface area (Å²) in [5.41, 5.74) is 4.14. The second-order valence-electron chi connectivity index (χ2n) is 8.78.